The zero-order valence-corrected chi connectivity index (χ0v) is 13.6. The van der Waals surface area contributed by atoms with Crippen molar-refractivity contribution in [3.8, 4) is 16.9 Å². The quantitative estimate of drug-likeness (QED) is 0.854. The van der Waals surface area contributed by atoms with Crippen molar-refractivity contribution in [2.45, 2.75) is 25.3 Å². The minimum Gasteiger partial charge on any atom is -0.490 e. The first-order valence-electron chi connectivity index (χ1n) is 8.24. The lowest BCUT2D eigenvalue weighted by molar-refractivity contribution is 0.0768. The van der Waals surface area contributed by atoms with Crippen molar-refractivity contribution in [3.05, 3.63) is 48.3 Å². The van der Waals surface area contributed by atoms with E-state index < -0.39 is 0 Å². The third kappa shape index (κ3) is 4.09. The van der Waals surface area contributed by atoms with Crippen molar-refractivity contribution < 1.29 is 9.84 Å². The van der Waals surface area contributed by atoms with Gasteiger partial charge in [-0.1, -0.05) is 24.3 Å². The van der Waals surface area contributed by atoms with E-state index in [4.69, 9.17) is 9.84 Å². The van der Waals surface area contributed by atoms with Gasteiger partial charge in [0.2, 0.25) is 0 Å². The molecule has 2 aromatic rings. The van der Waals surface area contributed by atoms with Gasteiger partial charge in [0.15, 0.2) is 0 Å². The van der Waals surface area contributed by atoms with Crippen LogP contribution in [0.15, 0.2) is 42.7 Å². The number of aliphatic hydroxyl groups excluding tert-OH is 1. The third-order valence-electron chi connectivity index (χ3n) is 4.48. The maximum atomic E-state index is 8.97. The third-order valence-corrected chi connectivity index (χ3v) is 4.48. The Bertz CT molecular complexity index is 645. The number of pyridine rings is 1. The van der Waals surface area contributed by atoms with E-state index in [2.05, 4.69) is 47.3 Å². The largest absolute Gasteiger partial charge is 0.490 e. The summed E-state index contributed by atoms with van der Waals surface area (Å²) >= 11 is 0. The molecule has 0 spiro atoms. The molecule has 23 heavy (non-hydrogen) atoms. The fourth-order valence-electron chi connectivity index (χ4n) is 2.82. The predicted octanol–water partition coefficient (Wildman–Crippen LogP) is 2.76. The molecule has 1 unspecified atom stereocenters. The molecule has 1 atom stereocenters. The van der Waals surface area contributed by atoms with E-state index in [1.54, 1.807) is 6.20 Å². The standard InChI is InChI=1S/C19H24N2O2/c1-21-8-7-18(21)14-23-19-11-17(12-20-13-19)16-6-2-4-15(10-16)5-3-9-22/h2,4,6,10-13,18,22H,3,5,7-9,14H2,1H3. The van der Waals surface area contributed by atoms with Crippen LogP contribution < -0.4 is 4.74 Å². The van der Waals surface area contributed by atoms with Gasteiger partial charge in [0, 0.05) is 24.4 Å². The number of likely N-dealkylation sites (tertiary alicyclic amines) is 1. The maximum Gasteiger partial charge on any atom is 0.138 e. The van der Waals surface area contributed by atoms with Crippen molar-refractivity contribution in [3.63, 3.8) is 0 Å². The maximum absolute atomic E-state index is 8.97. The second kappa shape index (κ2) is 7.57. The van der Waals surface area contributed by atoms with Gasteiger partial charge in [-0.25, -0.2) is 0 Å². The summed E-state index contributed by atoms with van der Waals surface area (Å²) in [6.07, 6.45) is 6.53. The molecule has 1 aromatic carbocycles. The van der Waals surface area contributed by atoms with Crippen LogP contribution in [-0.4, -0.2) is 47.8 Å². The zero-order valence-electron chi connectivity index (χ0n) is 13.6. The molecule has 2 heterocycles. The highest BCUT2D eigenvalue weighted by Crippen LogP contribution is 2.25. The van der Waals surface area contributed by atoms with Gasteiger partial charge in [0.25, 0.3) is 0 Å². The number of aryl methyl sites for hydroxylation is 1. The summed E-state index contributed by atoms with van der Waals surface area (Å²) < 4.78 is 5.90. The Hall–Kier alpha value is -1.91. The lowest BCUT2D eigenvalue weighted by Gasteiger charge is -2.37. The lowest BCUT2D eigenvalue weighted by atomic mass is 10.0. The fourth-order valence-corrected chi connectivity index (χ4v) is 2.82. The second-order valence-electron chi connectivity index (χ2n) is 6.17. The molecule has 122 valence electrons. The molecule has 0 aliphatic carbocycles. The van der Waals surface area contributed by atoms with Gasteiger partial charge in [-0.2, -0.15) is 0 Å². The van der Waals surface area contributed by atoms with Crippen molar-refractivity contribution in [1.82, 2.24) is 9.88 Å². The molecule has 1 saturated heterocycles. The number of rotatable bonds is 7. The van der Waals surface area contributed by atoms with Crippen molar-refractivity contribution in [2.24, 2.45) is 0 Å². The van der Waals surface area contributed by atoms with E-state index >= 15 is 0 Å². The summed E-state index contributed by atoms with van der Waals surface area (Å²) in [5, 5.41) is 8.97. The molecule has 1 aliphatic heterocycles. The van der Waals surface area contributed by atoms with E-state index in [1.165, 1.54) is 12.0 Å². The molecule has 1 fully saturated rings. The van der Waals surface area contributed by atoms with Crippen LogP contribution in [0.5, 0.6) is 5.75 Å². The number of ether oxygens (including phenoxy) is 1. The van der Waals surface area contributed by atoms with Gasteiger partial charge >= 0.3 is 0 Å². The smallest absolute Gasteiger partial charge is 0.138 e. The number of benzene rings is 1. The summed E-state index contributed by atoms with van der Waals surface area (Å²) in [7, 11) is 2.13. The Morgan fingerprint density at radius 2 is 2.17 bits per heavy atom. The topological polar surface area (TPSA) is 45.6 Å². The van der Waals surface area contributed by atoms with Gasteiger partial charge in [-0.3, -0.25) is 9.88 Å². The number of nitrogens with zero attached hydrogens (tertiary/aromatic N) is 2. The van der Waals surface area contributed by atoms with Crippen LogP contribution in [0.4, 0.5) is 0 Å². The van der Waals surface area contributed by atoms with Crippen molar-refractivity contribution >= 4 is 0 Å². The SMILES string of the molecule is CN1CCC1COc1cncc(-c2cccc(CCCO)c2)c1. The predicted molar refractivity (Wildman–Crippen MR) is 91.6 cm³/mol. The normalized spacial score (nSPS) is 17.7. The first kappa shape index (κ1) is 16.0. The zero-order chi connectivity index (χ0) is 16.1. The molecule has 3 rings (SSSR count). The van der Waals surface area contributed by atoms with Crippen LogP contribution in [-0.2, 0) is 6.42 Å². The van der Waals surface area contributed by atoms with Crippen LogP contribution in [0.3, 0.4) is 0 Å². The average molecular weight is 312 g/mol. The molecular weight excluding hydrogens is 288 g/mol. The van der Waals surface area contributed by atoms with Crippen LogP contribution in [0.2, 0.25) is 0 Å². The van der Waals surface area contributed by atoms with Crippen LogP contribution >= 0.6 is 0 Å². The second-order valence-corrected chi connectivity index (χ2v) is 6.17. The molecule has 1 aromatic heterocycles. The van der Waals surface area contributed by atoms with Gasteiger partial charge in [0.05, 0.1) is 6.20 Å². The molecule has 0 saturated carbocycles. The molecule has 0 bridgehead atoms. The number of aromatic nitrogens is 1. The Morgan fingerprint density at radius 3 is 2.91 bits per heavy atom. The number of hydrogen-bond acceptors (Lipinski definition) is 4. The van der Waals surface area contributed by atoms with Crippen molar-refractivity contribution in [1.29, 1.82) is 0 Å². The van der Waals surface area contributed by atoms with E-state index in [0.29, 0.717) is 6.04 Å². The minimum absolute atomic E-state index is 0.227. The minimum atomic E-state index is 0.227. The summed E-state index contributed by atoms with van der Waals surface area (Å²) in [6, 6.07) is 11.0. The average Bonchev–Trinajstić information content (AvgIpc) is 2.59. The van der Waals surface area contributed by atoms with E-state index in [-0.39, 0.29) is 6.61 Å². The number of likely N-dealkylation sites (N-methyl/N-ethyl adjacent to an activating group) is 1. The summed E-state index contributed by atoms with van der Waals surface area (Å²) in [4.78, 5) is 6.62. The fraction of sp³-hybridized carbons (Fsp3) is 0.421. The summed E-state index contributed by atoms with van der Waals surface area (Å²) in [5.74, 6) is 0.823. The monoisotopic (exact) mass is 312 g/mol. The van der Waals surface area contributed by atoms with E-state index in [0.717, 1.165) is 42.9 Å². The highest BCUT2D eigenvalue weighted by Gasteiger charge is 2.24. The van der Waals surface area contributed by atoms with Gasteiger partial charge < -0.3 is 9.84 Å². The number of hydrogen-bond donors (Lipinski definition) is 1. The van der Waals surface area contributed by atoms with Crippen LogP contribution in [0.1, 0.15) is 18.4 Å². The van der Waals surface area contributed by atoms with Gasteiger partial charge in [0.1, 0.15) is 12.4 Å². The molecular formula is C19H24N2O2. The summed E-state index contributed by atoms with van der Waals surface area (Å²) in [6.45, 7) is 2.11. The Balaban J connectivity index is 1.68. The Morgan fingerprint density at radius 1 is 1.26 bits per heavy atom. The Kier molecular flexibility index (Phi) is 5.26. The molecule has 1 aliphatic rings. The first-order chi connectivity index (χ1) is 11.3. The highest BCUT2D eigenvalue weighted by atomic mass is 16.5. The first-order valence-corrected chi connectivity index (χ1v) is 8.24. The van der Waals surface area contributed by atoms with Crippen LogP contribution in [0.25, 0.3) is 11.1 Å². The van der Waals surface area contributed by atoms with E-state index in [9.17, 15) is 0 Å². The van der Waals surface area contributed by atoms with Gasteiger partial charge in [-0.05, 0) is 50.0 Å². The van der Waals surface area contributed by atoms with Crippen LogP contribution in [0, 0.1) is 0 Å². The lowest BCUT2D eigenvalue weighted by Crippen LogP contribution is -2.48. The number of aliphatic hydroxyl groups is 1. The Labute approximate surface area is 137 Å². The molecule has 1 N–H and O–H groups in total. The van der Waals surface area contributed by atoms with Gasteiger partial charge in [-0.15, -0.1) is 0 Å². The van der Waals surface area contributed by atoms with Crippen molar-refractivity contribution in [2.75, 3.05) is 26.8 Å². The van der Waals surface area contributed by atoms with E-state index in [1.807, 2.05) is 6.20 Å². The molecule has 4 nitrogen and oxygen atoms in total. The highest BCUT2D eigenvalue weighted by molar-refractivity contribution is 5.64. The summed E-state index contributed by atoms with van der Waals surface area (Å²) in [5.41, 5.74) is 3.44. The molecule has 0 radical (unpaired) electrons. The molecule has 0 amide bonds. The molecule has 4 heteroatoms.